The van der Waals surface area contributed by atoms with E-state index in [0.29, 0.717) is 5.56 Å². The summed E-state index contributed by atoms with van der Waals surface area (Å²) >= 11 is 0. The molecule has 2 rings (SSSR count). The largest absolute Gasteiger partial charge is 0.370 e. The van der Waals surface area contributed by atoms with Crippen molar-refractivity contribution in [1.29, 1.82) is 5.41 Å². The predicted molar refractivity (Wildman–Crippen MR) is 62.3 cm³/mol. The molecule has 1 heterocycles. The predicted octanol–water partition coefficient (Wildman–Crippen LogP) is 1.13. The van der Waals surface area contributed by atoms with E-state index in [1.54, 1.807) is 6.20 Å². The molecule has 0 saturated carbocycles. The van der Waals surface area contributed by atoms with Gasteiger partial charge in [0.05, 0.1) is 5.56 Å². The summed E-state index contributed by atoms with van der Waals surface area (Å²) in [5.41, 5.74) is 6.68. The monoisotopic (exact) mass is 216 g/mol. The van der Waals surface area contributed by atoms with Gasteiger partial charge in [-0.3, -0.25) is 15.1 Å². The molecule has 16 heavy (non-hydrogen) atoms. The number of amides is 1. The highest BCUT2D eigenvalue weighted by atomic mass is 16.2. The smallest absolute Gasteiger partial charge is 0.262 e. The van der Waals surface area contributed by atoms with E-state index in [9.17, 15) is 4.79 Å². The Morgan fingerprint density at radius 3 is 2.81 bits per heavy atom. The van der Waals surface area contributed by atoms with Crippen LogP contribution in [0.2, 0.25) is 0 Å². The fraction of sp³-hybridized carbons (Fsp3) is 0.0909. The molecule has 0 radical (unpaired) electrons. The molecule has 5 nitrogen and oxygen atoms in total. The van der Waals surface area contributed by atoms with Gasteiger partial charge in [-0.1, -0.05) is 18.2 Å². The summed E-state index contributed by atoms with van der Waals surface area (Å²) < 4.78 is 0. The highest BCUT2D eigenvalue weighted by Crippen LogP contribution is 2.18. The molecule has 1 amide bonds. The van der Waals surface area contributed by atoms with Gasteiger partial charge in [0.1, 0.15) is 0 Å². The zero-order valence-corrected chi connectivity index (χ0v) is 8.82. The molecule has 0 aliphatic carbocycles. The van der Waals surface area contributed by atoms with E-state index in [1.807, 2.05) is 24.3 Å². The van der Waals surface area contributed by atoms with Crippen molar-refractivity contribution >= 4 is 22.8 Å². The van der Waals surface area contributed by atoms with Crippen LogP contribution in [-0.2, 0) is 0 Å². The van der Waals surface area contributed by atoms with Crippen LogP contribution in [-0.4, -0.2) is 28.8 Å². The van der Waals surface area contributed by atoms with E-state index < -0.39 is 0 Å². The van der Waals surface area contributed by atoms with Crippen molar-refractivity contribution in [2.45, 2.75) is 0 Å². The molecule has 0 fully saturated rings. The number of guanidine groups is 1. The molecule has 5 heteroatoms. The van der Waals surface area contributed by atoms with E-state index in [-0.39, 0.29) is 11.9 Å². The number of nitrogens with zero attached hydrogens (tertiary/aromatic N) is 1. The second-order valence-corrected chi connectivity index (χ2v) is 3.50. The number of nitrogens with one attached hydrogen (secondary N) is 2. The average Bonchev–Trinajstić information content (AvgIpc) is 2.70. The fourth-order valence-electron chi connectivity index (χ4n) is 1.54. The number of para-hydroxylation sites is 1. The first-order chi connectivity index (χ1) is 7.61. The van der Waals surface area contributed by atoms with Crippen molar-refractivity contribution in [2.75, 3.05) is 7.05 Å². The number of nitrogens with two attached hydrogens (primary N) is 1. The number of H-pyrrole nitrogens is 1. The third kappa shape index (κ3) is 1.52. The van der Waals surface area contributed by atoms with Gasteiger partial charge in [-0.05, 0) is 6.07 Å². The van der Waals surface area contributed by atoms with E-state index in [1.165, 1.54) is 7.05 Å². The quantitative estimate of drug-likeness (QED) is 0.493. The second-order valence-electron chi connectivity index (χ2n) is 3.50. The van der Waals surface area contributed by atoms with Gasteiger partial charge >= 0.3 is 0 Å². The number of benzene rings is 1. The van der Waals surface area contributed by atoms with Gasteiger partial charge in [0.25, 0.3) is 5.91 Å². The lowest BCUT2D eigenvalue weighted by Crippen LogP contribution is -2.37. The maximum Gasteiger partial charge on any atom is 0.262 e. The number of hydrogen-bond acceptors (Lipinski definition) is 2. The molecule has 0 unspecified atom stereocenters. The number of carbonyl (C=O) groups excluding carboxylic acids is 1. The summed E-state index contributed by atoms with van der Waals surface area (Å²) in [6.45, 7) is 0. The van der Waals surface area contributed by atoms with E-state index in [4.69, 9.17) is 11.1 Å². The van der Waals surface area contributed by atoms with Crippen molar-refractivity contribution in [3.8, 4) is 0 Å². The third-order valence-electron chi connectivity index (χ3n) is 2.49. The maximum atomic E-state index is 11.9. The Labute approximate surface area is 92.4 Å². The van der Waals surface area contributed by atoms with Crippen molar-refractivity contribution in [3.05, 3.63) is 36.0 Å². The van der Waals surface area contributed by atoms with Crippen LogP contribution in [0, 0.1) is 5.41 Å². The molecule has 1 aromatic carbocycles. The van der Waals surface area contributed by atoms with Crippen molar-refractivity contribution < 1.29 is 4.79 Å². The average molecular weight is 216 g/mol. The number of fused-ring (bicyclic) bond motifs is 1. The SMILES string of the molecule is CN(C(=N)N)C(=O)c1c[nH]c2ccccc12. The minimum absolute atomic E-state index is 0.268. The lowest BCUT2D eigenvalue weighted by molar-refractivity contribution is 0.0871. The normalized spacial score (nSPS) is 10.3. The molecule has 0 aliphatic rings. The van der Waals surface area contributed by atoms with Gasteiger partial charge in [0.15, 0.2) is 5.96 Å². The Kier molecular flexibility index (Phi) is 2.36. The molecule has 0 atom stereocenters. The maximum absolute atomic E-state index is 11.9. The van der Waals surface area contributed by atoms with Gasteiger partial charge in [-0.2, -0.15) is 0 Å². The Hall–Kier alpha value is -2.30. The Morgan fingerprint density at radius 2 is 2.12 bits per heavy atom. The first-order valence-corrected chi connectivity index (χ1v) is 4.79. The summed E-state index contributed by atoms with van der Waals surface area (Å²) in [5, 5.41) is 8.05. The highest BCUT2D eigenvalue weighted by Gasteiger charge is 2.17. The van der Waals surface area contributed by atoms with Crippen LogP contribution >= 0.6 is 0 Å². The molecule has 4 N–H and O–H groups in total. The van der Waals surface area contributed by atoms with Crippen molar-refractivity contribution in [1.82, 2.24) is 9.88 Å². The van der Waals surface area contributed by atoms with Gasteiger partial charge < -0.3 is 10.7 Å². The van der Waals surface area contributed by atoms with Crippen LogP contribution in [0.3, 0.4) is 0 Å². The van der Waals surface area contributed by atoms with E-state index in [0.717, 1.165) is 15.8 Å². The molecule has 2 aromatic rings. The third-order valence-corrected chi connectivity index (χ3v) is 2.49. The topological polar surface area (TPSA) is 86.0 Å². The number of hydrogen-bond donors (Lipinski definition) is 3. The van der Waals surface area contributed by atoms with Gasteiger partial charge in [-0.25, -0.2) is 0 Å². The summed E-state index contributed by atoms with van der Waals surface area (Å²) in [6, 6.07) is 7.50. The molecule has 0 aliphatic heterocycles. The molecule has 1 aromatic heterocycles. The van der Waals surface area contributed by atoms with Crippen LogP contribution in [0.1, 0.15) is 10.4 Å². The molecular formula is C11H12N4O. The lowest BCUT2D eigenvalue weighted by atomic mass is 10.1. The Morgan fingerprint density at radius 1 is 1.44 bits per heavy atom. The van der Waals surface area contributed by atoms with Gasteiger partial charge in [-0.15, -0.1) is 0 Å². The van der Waals surface area contributed by atoms with Crippen LogP contribution in [0.25, 0.3) is 10.9 Å². The molecule has 82 valence electrons. The minimum Gasteiger partial charge on any atom is -0.370 e. The number of carbonyl (C=O) groups is 1. The van der Waals surface area contributed by atoms with E-state index in [2.05, 4.69) is 4.98 Å². The number of rotatable bonds is 1. The van der Waals surface area contributed by atoms with Crippen molar-refractivity contribution in [3.63, 3.8) is 0 Å². The van der Waals surface area contributed by atoms with Crippen LogP contribution in [0.4, 0.5) is 0 Å². The Bertz CT molecular complexity index is 558. The number of aromatic nitrogens is 1. The minimum atomic E-state index is -0.287. The molecule has 0 bridgehead atoms. The Balaban J connectivity index is 2.48. The first kappa shape index (κ1) is 10.2. The second kappa shape index (κ2) is 3.69. The standard InChI is InChI=1S/C11H12N4O/c1-15(11(12)13)10(16)8-6-14-9-5-3-2-4-7(8)9/h2-6,14H,1H3,(H3,12,13). The summed E-state index contributed by atoms with van der Waals surface area (Å²) in [7, 11) is 1.48. The first-order valence-electron chi connectivity index (χ1n) is 4.79. The summed E-state index contributed by atoms with van der Waals surface area (Å²) in [6.07, 6.45) is 1.63. The fourth-order valence-corrected chi connectivity index (χ4v) is 1.54. The molecule has 0 spiro atoms. The zero-order chi connectivity index (χ0) is 11.7. The van der Waals surface area contributed by atoms with Crippen LogP contribution in [0.5, 0.6) is 0 Å². The van der Waals surface area contributed by atoms with Gasteiger partial charge in [0.2, 0.25) is 0 Å². The van der Waals surface area contributed by atoms with Crippen LogP contribution < -0.4 is 5.73 Å². The van der Waals surface area contributed by atoms with E-state index >= 15 is 0 Å². The summed E-state index contributed by atoms with van der Waals surface area (Å²) in [4.78, 5) is 16.1. The number of aromatic amines is 1. The highest BCUT2D eigenvalue weighted by molar-refractivity contribution is 6.11. The lowest BCUT2D eigenvalue weighted by Gasteiger charge is -2.13. The molecule has 0 saturated heterocycles. The van der Waals surface area contributed by atoms with Crippen molar-refractivity contribution in [2.24, 2.45) is 5.73 Å². The zero-order valence-electron chi connectivity index (χ0n) is 8.82. The van der Waals surface area contributed by atoms with Gasteiger partial charge in [0, 0.05) is 24.1 Å². The summed E-state index contributed by atoms with van der Waals surface area (Å²) in [5.74, 6) is -0.555. The molecular weight excluding hydrogens is 204 g/mol. The van der Waals surface area contributed by atoms with Crippen LogP contribution in [0.15, 0.2) is 30.5 Å².